The highest BCUT2D eigenvalue weighted by molar-refractivity contribution is 6.13. The third-order valence-corrected chi connectivity index (χ3v) is 11.9. The quantitative estimate of drug-likeness (QED) is 0.154. The van der Waals surface area contributed by atoms with Crippen molar-refractivity contribution in [3.05, 3.63) is 197 Å². The average Bonchev–Trinajstić information content (AvgIpc) is 3.75. The maximum absolute atomic E-state index is 14.8. The molecule has 0 saturated carbocycles. The van der Waals surface area contributed by atoms with E-state index < -0.39 is 11.7 Å². The van der Waals surface area contributed by atoms with Crippen LogP contribution in [0.1, 0.15) is 27.8 Å². The number of halogens is 3. The minimum Gasteiger partial charge on any atom is -0.308 e. The van der Waals surface area contributed by atoms with E-state index in [1.807, 2.05) is 24.3 Å². The highest BCUT2D eigenvalue weighted by atomic mass is 19.4. The van der Waals surface area contributed by atoms with E-state index in [9.17, 15) is 13.2 Å². The van der Waals surface area contributed by atoms with Crippen LogP contribution in [0.25, 0.3) is 93.2 Å². The minimum absolute atomic E-state index is 0.0398. The predicted molar refractivity (Wildman–Crippen MR) is 242 cm³/mol. The number of rotatable bonds is 5. The summed E-state index contributed by atoms with van der Waals surface area (Å²) >= 11 is 0. The SMILES string of the molecule is [C-]#[N+]c1cc(-n2c3ccccc3c3cc(-c4ccc(C)cc4C)ccc32)c(-n2c3ccccc3c3cc(-c4ccc(C)cc4C)ccc32)cc1-c1ccccc1C(F)(F)F. The third kappa shape index (κ3) is 5.88. The second kappa shape index (κ2) is 13.9. The average molecular weight is 786 g/mol. The minimum atomic E-state index is -4.63. The van der Waals surface area contributed by atoms with Crippen LogP contribution in [0.4, 0.5) is 18.9 Å². The van der Waals surface area contributed by atoms with Gasteiger partial charge in [-0.25, -0.2) is 4.85 Å². The molecule has 3 nitrogen and oxygen atoms in total. The van der Waals surface area contributed by atoms with Gasteiger partial charge in [0.2, 0.25) is 0 Å². The first-order valence-electron chi connectivity index (χ1n) is 19.9. The lowest BCUT2D eigenvalue weighted by Crippen LogP contribution is -2.08. The zero-order valence-electron chi connectivity index (χ0n) is 33.5. The lowest BCUT2D eigenvalue weighted by molar-refractivity contribution is -0.137. The van der Waals surface area contributed by atoms with Gasteiger partial charge in [0.25, 0.3) is 0 Å². The first-order chi connectivity index (χ1) is 29.0. The molecule has 0 radical (unpaired) electrons. The van der Waals surface area contributed by atoms with E-state index in [4.69, 9.17) is 6.57 Å². The monoisotopic (exact) mass is 785 g/mol. The van der Waals surface area contributed by atoms with Gasteiger partial charge in [-0.15, -0.1) is 0 Å². The second-order valence-electron chi connectivity index (χ2n) is 15.8. The molecule has 0 aliphatic rings. The van der Waals surface area contributed by atoms with Crippen molar-refractivity contribution < 1.29 is 13.2 Å². The molecule has 8 aromatic carbocycles. The van der Waals surface area contributed by atoms with Gasteiger partial charge in [-0.05, 0) is 127 Å². The van der Waals surface area contributed by atoms with Crippen LogP contribution in [0.15, 0.2) is 158 Å². The maximum atomic E-state index is 14.8. The summed E-state index contributed by atoms with van der Waals surface area (Å²) in [4.78, 5) is 3.94. The molecule has 2 aromatic heterocycles. The normalized spacial score (nSPS) is 11.9. The van der Waals surface area contributed by atoms with E-state index in [1.165, 1.54) is 34.4 Å². The van der Waals surface area contributed by atoms with Crippen LogP contribution in [0.5, 0.6) is 0 Å². The van der Waals surface area contributed by atoms with E-state index in [1.54, 1.807) is 18.2 Å². The summed E-state index contributed by atoms with van der Waals surface area (Å²) in [5, 5.41) is 4.09. The zero-order chi connectivity index (χ0) is 41.4. The Morgan fingerprint density at radius 1 is 0.433 bits per heavy atom. The van der Waals surface area contributed by atoms with Crippen molar-refractivity contribution in [1.82, 2.24) is 9.13 Å². The largest absolute Gasteiger partial charge is 0.416 e. The van der Waals surface area contributed by atoms with Crippen LogP contribution in [-0.4, -0.2) is 9.13 Å². The summed E-state index contributed by atoms with van der Waals surface area (Å²) in [5.41, 5.74) is 13.7. The summed E-state index contributed by atoms with van der Waals surface area (Å²) in [7, 11) is 0. The summed E-state index contributed by atoms with van der Waals surface area (Å²) in [6.07, 6.45) is -4.63. The Kier molecular flexibility index (Phi) is 8.55. The molecule has 0 atom stereocenters. The molecule has 10 rings (SSSR count). The molecule has 2 heterocycles. The Bertz CT molecular complexity index is 3430. The van der Waals surface area contributed by atoms with Gasteiger partial charge >= 0.3 is 6.18 Å². The summed E-state index contributed by atoms with van der Waals surface area (Å²) in [5.74, 6) is 0. The fourth-order valence-corrected chi connectivity index (χ4v) is 9.27. The molecule has 0 saturated heterocycles. The molecule has 60 heavy (non-hydrogen) atoms. The number of nitrogens with zero attached hydrogens (tertiary/aromatic N) is 3. The molecular formula is C54H38F3N3. The van der Waals surface area contributed by atoms with Crippen LogP contribution in [0, 0.1) is 34.3 Å². The molecule has 10 aromatic rings. The van der Waals surface area contributed by atoms with Crippen molar-refractivity contribution in [2.45, 2.75) is 33.9 Å². The van der Waals surface area contributed by atoms with Crippen molar-refractivity contribution in [2.24, 2.45) is 0 Å². The Labute approximate surface area is 346 Å². The molecule has 0 bridgehead atoms. The summed E-state index contributed by atoms with van der Waals surface area (Å²) < 4.78 is 48.6. The van der Waals surface area contributed by atoms with Crippen LogP contribution in [-0.2, 0) is 6.18 Å². The van der Waals surface area contributed by atoms with Crippen molar-refractivity contribution in [3.8, 4) is 44.8 Å². The Balaban J connectivity index is 1.32. The Morgan fingerprint density at radius 2 is 0.900 bits per heavy atom. The predicted octanol–water partition coefficient (Wildman–Crippen LogP) is 15.7. The number of fused-ring (bicyclic) bond motifs is 6. The fraction of sp³-hybridized carbons (Fsp3) is 0.0926. The summed E-state index contributed by atoms with van der Waals surface area (Å²) in [6.45, 7) is 16.9. The lowest BCUT2D eigenvalue weighted by Gasteiger charge is -2.21. The number of para-hydroxylation sites is 2. The molecular weight excluding hydrogens is 748 g/mol. The number of alkyl halides is 3. The smallest absolute Gasteiger partial charge is 0.308 e. The van der Waals surface area contributed by atoms with Crippen LogP contribution in [0.2, 0.25) is 0 Å². The number of hydrogen-bond acceptors (Lipinski definition) is 0. The van der Waals surface area contributed by atoms with Gasteiger partial charge in [-0.1, -0.05) is 114 Å². The summed E-state index contributed by atoms with van der Waals surface area (Å²) in [6, 6.07) is 51.4. The number of benzene rings is 8. The molecule has 0 aliphatic carbocycles. The zero-order valence-corrected chi connectivity index (χ0v) is 33.5. The van der Waals surface area contributed by atoms with Crippen molar-refractivity contribution in [2.75, 3.05) is 0 Å². The van der Waals surface area contributed by atoms with Gasteiger partial charge in [0.15, 0.2) is 5.69 Å². The van der Waals surface area contributed by atoms with Gasteiger partial charge in [-0.2, -0.15) is 13.2 Å². The molecule has 0 unspecified atom stereocenters. The molecule has 0 N–H and O–H groups in total. The van der Waals surface area contributed by atoms with Crippen LogP contribution < -0.4 is 0 Å². The van der Waals surface area contributed by atoms with Crippen molar-refractivity contribution >= 4 is 49.3 Å². The van der Waals surface area contributed by atoms with E-state index in [0.717, 1.165) is 71.9 Å². The molecule has 6 heteroatoms. The van der Waals surface area contributed by atoms with E-state index in [2.05, 4.69) is 139 Å². The van der Waals surface area contributed by atoms with Gasteiger partial charge in [0, 0.05) is 21.5 Å². The van der Waals surface area contributed by atoms with E-state index in [0.29, 0.717) is 11.4 Å². The van der Waals surface area contributed by atoms with Gasteiger partial charge in [-0.3, -0.25) is 0 Å². The van der Waals surface area contributed by atoms with Crippen LogP contribution >= 0.6 is 0 Å². The van der Waals surface area contributed by atoms with Gasteiger partial charge in [0.1, 0.15) is 0 Å². The standard InChI is InChI=1S/C54H38F3N3/c1-32-18-22-38(34(3)26-32)36-20-24-50-44(28-36)41-13-7-10-16-48(41)59(50)52-30-43(40-12-6-9-15-46(40)54(55,56)57)47(58-5)31-53(52)60-49-17-11-8-14-42(49)45-29-37(21-25-51(45)60)39-23-19-33(2)27-35(39)4/h6-31H,1-4H3. The molecule has 0 aliphatic heterocycles. The first kappa shape index (κ1) is 36.9. The second-order valence-corrected chi connectivity index (χ2v) is 15.8. The number of hydrogen-bond donors (Lipinski definition) is 0. The fourth-order valence-electron chi connectivity index (χ4n) is 9.27. The topological polar surface area (TPSA) is 14.2 Å². The Morgan fingerprint density at radius 3 is 1.40 bits per heavy atom. The van der Waals surface area contributed by atoms with E-state index in [-0.39, 0.29) is 16.8 Å². The molecule has 290 valence electrons. The highest BCUT2D eigenvalue weighted by Crippen LogP contribution is 2.47. The Hall–Kier alpha value is -7.36. The molecule has 0 fully saturated rings. The number of aryl methyl sites for hydroxylation is 4. The highest BCUT2D eigenvalue weighted by Gasteiger charge is 2.34. The first-order valence-corrected chi connectivity index (χ1v) is 19.9. The van der Waals surface area contributed by atoms with Crippen molar-refractivity contribution in [1.29, 1.82) is 0 Å². The van der Waals surface area contributed by atoms with Crippen LogP contribution in [0.3, 0.4) is 0 Å². The maximum Gasteiger partial charge on any atom is 0.416 e. The molecule has 0 amide bonds. The van der Waals surface area contributed by atoms with Gasteiger partial charge < -0.3 is 9.13 Å². The van der Waals surface area contributed by atoms with Gasteiger partial charge in [0.05, 0.1) is 45.6 Å². The lowest BCUT2D eigenvalue weighted by atomic mass is 9.96. The van der Waals surface area contributed by atoms with E-state index >= 15 is 0 Å². The van der Waals surface area contributed by atoms with Crippen molar-refractivity contribution in [3.63, 3.8) is 0 Å². The molecule has 0 spiro atoms. The number of aromatic nitrogens is 2. The third-order valence-electron chi connectivity index (χ3n) is 11.9.